The molecule has 2 nitrogen and oxygen atoms in total. The fraction of sp³-hybridized carbons (Fsp3) is 0.583. The zero-order valence-electron chi connectivity index (χ0n) is 9.04. The van der Waals surface area contributed by atoms with Gasteiger partial charge < -0.3 is 5.32 Å². The molecule has 0 saturated heterocycles. The van der Waals surface area contributed by atoms with Gasteiger partial charge in [-0.25, -0.2) is 4.98 Å². The van der Waals surface area contributed by atoms with E-state index in [2.05, 4.69) is 17.2 Å². The molecule has 0 aliphatic heterocycles. The number of nitrogens with one attached hydrogen (secondary N) is 1. The lowest BCUT2D eigenvalue weighted by Crippen LogP contribution is -2.30. The number of hydrogen-bond acceptors (Lipinski definition) is 2. The summed E-state index contributed by atoms with van der Waals surface area (Å²) in [5, 5.41) is 4.18. The van der Waals surface area contributed by atoms with Crippen LogP contribution in [0, 0.1) is 5.92 Å². The van der Waals surface area contributed by atoms with Crippen LogP contribution in [0.5, 0.6) is 0 Å². The molecule has 1 heterocycles. The summed E-state index contributed by atoms with van der Waals surface area (Å²) in [4.78, 5) is 4.26. The van der Waals surface area contributed by atoms with Gasteiger partial charge in [-0.2, -0.15) is 0 Å². The SMILES string of the molecule is CC1CCCCC1Nc1ccc(Cl)cn1. The number of nitrogens with zero attached hydrogens (tertiary/aromatic N) is 1. The van der Waals surface area contributed by atoms with Crippen molar-refractivity contribution in [2.45, 2.75) is 38.6 Å². The summed E-state index contributed by atoms with van der Waals surface area (Å²) in [6.45, 7) is 2.31. The maximum Gasteiger partial charge on any atom is 0.126 e. The Bertz CT molecular complexity index is 310. The molecule has 0 amide bonds. The third-order valence-electron chi connectivity index (χ3n) is 3.17. The third kappa shape index (κ3) is 2.85. The van der Waals surface area contributed by atoms with Gasteiger partial charge in [0.25, 0.3) is 0 Å². The highest BCUT2D eigenvalue weighted by atomic mass is 35.5. The zero-order valence-corrected chi connectivity index (χ0v) is 9.80. The number of pyridine rings is 1. The Hall–Kier alpha value is -0.760. The second-order valence-corrected chi connectivity index (χ2v) is 4.81. The summed E-state index contributed by atoms with van der Waals surface area (Å²) >= 11 is 5.79. The van der Waals surface area contributed by atoms with Gasteiger partial charge in [0.15, 0.2) is 0 Å². The summed E-state index contributed by atoms with van der Waals surface area (Å²) in [7, 11) is 0. The predicted molar refractivity (Wildman–Crippen MR) is 64.3 cm³/mol. The van der Waals surface area contributed by atoms with Crippen LogP contribution in [0.25, 0.3) is 0 Å². The van der Waals surface area contributed by atoms with Crippen LogP contribution < -0.4 is 5.32 Å². The van der Waals surface area contributed by atoms with Gasteiger partial charge in [-0.3, -0.25) is 0 Å². The molecule has 82 valence electrons. The van der Waals surface area contributed by atoms with E-state index >= 15 is 0 Å². The lowest BCUT2D eigenvalue weighted by atomic mass is 9.86. The Kier molecular flexibility index (Phi) is 3.47. The van der Waals surface area contributed by atoms with E-state index in [1.807, 2.05) is 12.1 Å². The molecule has 2 atom stereocenters. The minimum absolute atomic E-state index is 0.576. The highest BCUT2D eigenvalue weighted by molar-refractivity contribution is 6.30. The van der Waals surface area contributed by atoms with Crippen molar-refractivity contribution in [2.24, 2.45) is 5.92 Å². The molecule has 1 aromatic rings. The highest BCUT2D eigenvalue weighted by Crippen LogP contribution is 2.26. The van der Waals surface area contributed by atoms with Crippen LogP contribution in [0.4, 0.5) is 5.82 Å². The van der Waals surface area contributed by atoms with Gasteiger partial charge in [0.05, 0.1) is 5.02 Å². The lowest BCUT2D eigenvalue weighted by molar-refractivity contribution is 0.349. The first-order chi connectivity index (χ1) is 7.25. The van der Waals surface area contributed by atoms with E-state index in [-0.39, 0.29) is 0 Å². The summed E-state index contributed by atoms with van der Waals surface area (Å²) in [6.07, 6.45) is 6.97. The Balaban J connectivity index is 1.98. The van der Waals surface area contributed by atoms with Crippen molar-refractivity contribution >= 4 is 17.4 Å². The first-order valence-electron chi connectivity index (χ1n) is 5.64. The first kappa shape index (κ1) is 10.7. The molecule has 0 aromatic carbocycles. The molecule has 0 spiro atoms. The minimum atomic E-state index is 0.576. The zero-order chi connectivity index (χ0) is 10.7. The van der Waals surface area contributed by atoms with Gasteiger partial charge in [0.2, 0.25) is 0 Å². The third-order valence-corrected chi connectivity index (χ3v) is 3.40. The molecule has 2 unspecified atom stereocenters. The van der Waals surface area contributed by atoms with Crippen molar-refractivity contribution in [3.05, 3.63) is 23.4 Å². The van der Waals surface area contributed by atoms with E-state index in [1.165, 1.54) is 25.7 Å². The quantitative estimate of drug-likeness (QED) is 0.828. The van der Waals surface area contributed by atoms with Crippen molar-refractivity contribution < 1.29 is 0 Å². The average molecular weight is 225 g/mol. The number of halogens is 1. The van der Waals surface area contributed by atoms with Crippen LogP contribution in [-0.2, 0) is 0 Å². The van der Waals surface area contributed by atoms with Gasteiger partial charge in [-0.1, -0.05) is 31.4 Å². The summed E-state index contributed by atoms with van der Waals surface area (Å²) in [5.74, 6) is 1.69. The molecular formula is C12H17ClN2. The maximum atomic E-state index is 5.79. The van der Waals surface area contributed by atoms with Crippen molar-refractivity contribution in [2.75, 3.05) is 5.32 Å². The summed E-state index contributed by atoms with van der Waals surface area (Å²) in [6, 6.07) is 4.40. The van der Waals surface area contributed by atoms with Crippen molar-refractivity contribution in [1.29, 1.82) is 0 Å². The second-order valence-electron chi connectivity index (χ2n) is 4.37. The fourth-order valence-electron chi connectivity index (χ4n) is 2.18. The van der Waals surface area contributed by atoms with Gasteiger partial charge in [0, 0.05) is 12.2 Å². The average Bonchev–Trinajstić information content (AvgIpc) is 2.25. The monoisotopic (exact) mass is 224 g/mol. The molecule has 1 aliphatic carbocycles. The van der Waals surface area contributed by atoms with E-state index in [1.54, 1.807) is 6.20 Å². The summed E-state index contributed by atoms with van der Waals surface area (Å²) < 4.78 is 0. The topological polar surface area (TPSA) is 24.9 Å². The fourth-order valence-corrected chi connectivity index (χ4v) is 2.29. The van der Waals surface area contributed by atoms with E-state index in [4.69, 9.17) is 11.6 Å². The first-order valence-corrected chi connectivity index (χ1v) is 6.01. The van der Waals surface area contributed by atoms with E-state index < -0.39 is 0 Å². The number of rotatable bonds is 2. The predicted octanol–water partition coefficient (Wildman–Crippen LogP) is 3.73. The normalized spacial score (nSPS) is 26.3. The molecular weight excluding hydrogens is 208 g/mol. The van der Waals surface area contributed by atoms with Crippen LogP contribution in [0.1, 0.15) is 32.6 Å². The number of anilines is 1. The number of aromatic nitrogens is 1. The van der Waals surface area contributed by atoms with E-state index in [9.17, 15) is 0 Å². The van der Waals surface area contributed by atoms with Crippen molar-refractivity contribution in [3.8, 4) is 0 Å². The van der Waals surface area contributed by atoms with Gasteiger partial charge >= 0.3 is 0 Å². The lowest BCUT2D eigenvalue weighted by Gasteiger charge is -2.29. The Labute approximate surface area is 96.1 Å². The van der Waals surface area contributed by atoms with Gasteiger partial charge in [-0.05, 0) is 30.9 Å². The molecule has 1 fully saturated rings. The molecule has 1 N–H and O–H groups in total. The molecule has 1 aromatic heterocycles. The van der Waals surface area contributed by atoms with E-state index in [0.717, 1.165) is 11.7 Å². The van der Waals surface area contributed by atoms with Crippen LogP contribution in [0.3, 0.4) is 0 Å². The van der Waals surface area contributed by atoms with Crippen LogP contribution in [0.2, 0.25) is 5.02 Å². The smallest absolute Gasteiger partial charge is 0.126 e. The van der Waals surface area contributed by atoms with Gasteiger partial charge in [0.1, 0.15) is 5.82 Å². The van der Waals surface area contributed by atoms with E-state index in [0.29, 0.717) is 11.1 Å². The number of hydrogen-bond donors (Lipinski definition) is 1. The summed E-state index contributed by atoms with van der Waals surface area (Å²) in [5.41, 5.74) is 0. The molecule has 15 heavy (non-hydrogen) atoms. The van der Waals surface area contributed by atoms with Crippen LogP contribution >= 0.6 is 11.6 Å². The second kappa shape index (κ2) is 4.84. The van der Waals surface area contributed by atoms with Crippen LogP contribution in [-0.4, -0.2) is 11.0 Å². The molecule has 3 heteroatoms. The Morgan fingerprint density at radius 2 is 2.13 bits per heavy atom. The maximum absolute atomic E-state index is 5.79. The van der Waals surface area contributed by atoms with Crippen molar-refractivity contribution in [1.82, 2.24) is 4.98 Å². The molecule has 0 radical (unpaired) electrons. The molecule has 2 rings (SSSR count). The van der Waals surface area contributed by atoms with Crippen molar-refractivity contribution in [3.63, 3.8) is 0 Å². The highest BCUT2D eigenvalue weighted by Gasteiger charge is 2.20. The Morgan fingerprint density at radius 3 is 2.80 bits per heavy atom. The minimum Gasteiger partial charge on any atom is -0.367 e. The standard InChI is InChI=1S/C12H17ClN2/c1-9-4-2-3-5-11(9)15-12-7-6-10(13)8-14-12/h6-9,11H,2-5H2,1H3,(H,14,15). The largest absolute Gasteiger partial charge is 0.367 e. The van der Waals surface area contributed by atoms with Crippen LogP contribution in [0.15, 0.2) is 18.3 Å². The van der Waals surface area contributed by atoms with Gasteiger partial charge in [-0.15, -0.1) is 0 Å². The molecule has 1 aliphatic rings. The Morgan fingerprint density at radius 1 is 1.33 bits per heavy atom. The molecule has 1 saturated carbocycles. The molecule has 0 bridgehead atoms.